The zero-order valence-corrected chi connectivity index (χ0v) is 11.4. The van der Waals surface area contributed by atoms with Crippen LogP contribution in [0.5, 0.6) is 0 Å². The van der Waals surface area contributed by atoms with Crippen molar-refractivity contribution in [2.24, 2.45) is 5.92 Å². The SMILES string of the molecule is O=C(O)[C@@H]1[C@H](NS(=O)(=O)c2ccccc2)[C@H]2CC[C@@H]1O2. The summed E-state index contributed by atoms with van der Waals surface area (Å²) < 4.78 is 32.6. The number of carboxylic acids is 1. The molecule has 0 amide bonds. The minimum Gasteiger partial charge on any atom is -0.481 e. The van der Waals surface area contributed by atoms with Crippen LogP contribution in [0.3, 0.4) is 0 Å². The highest BCUT2D eigenvalue weighted by Gasteiger charge is 2.53. The van der Waals surface area contributed by atoms with Crippen molar-refractivity contribution in [3.8, 4) is 0 Å². The van der Waals surface area contributed by atoms with Crippen molar-refractivity contribution in [3.63, 3.8) is 0 Å². The van der Waals surface area contributed by atoms with Crippen LogP contribution in [0, 0.1) is 5.92 Å². The summed E-state index contributed by atoms with van der Waals surface area (Å²) in [6.45, 7) is 0. The number of fused-ring (bicyclic) bond motifs is 2. The molecule has 0 aliphatic carbocycles. The first-order chi connectivity index (χ1) is 9.49. The molecular formula is C13H15NO5S. The van der Waals surface area contributed by atoms with Crippen LogP contribution < -0.4 is 4.72 Å². The van der Waals surface area contributed by atoms with E-state index in [1.54, 1.807) is 18.2 Å². The third-order valence-corrected chi connectivity index (χ3v) is 5.38. The van der Waals surface area contributed by atoms with Crippen LogP contribution in [0.4, 0.5) is 0 Å². The lowest BCUT2D eigenvalue weighted by Crippen LogP contribution is -2.49. The first-order valence-electron chi connectivity index (χ1n) is 6.45. The zero-order chi connectivity index (χ0) is 14.3. The molecule has 2 aliphatic heterocycles. The molecule has 4 atom stereocenters. The fraction of sp³-hybridized carbons (Fsp3) is 0.462. The van der Waals surface area contributed by atoms with Gasteiger partial charge in [-0.3, -0.25) is 4.79 Å². The molecule has 2 N–H and O–H groups in total. The summed E-state index contributed by atoms with van der Waals surface area (Å²) in [5.41, 5.74) is 0. The minimum atomic E-state index is -3.73. The van der Waals surface area contributed by atoms with E-state index in [9.17, 15) is 18.3 Å². The average Bonchev–Trinajstić information content (AvgIpc) is 3.00. The van der Waals surface area contributed by atoms with Crippen LogP contribution >= 0.6 is 0 Å². The monoisotopic (exact) mass is 297 g/mol. The van der Waals surface area contributed by atoms with E-state index in [4.69, 9.17) is 4.74 Å². The number of nitrogens with one attached hydrogen (secondary N) is 1. The van der Waals surface area contributed by atoms with Gasteiger partial charge < -0.3 is 9.84 Å². The van der Waals surface area contributed by atoms with Crippen molar-refractivity contribution in [1.82, 2.24) is 4.72 Å². The molecule has 2 fully saturated rings. The van der Waals surface area contributed by atoms with Gasteiger partial charge in [0.15, 0.2) is 0 Å². The molecule has 7 heteroatoms. The lowest BCUT2D eigenvalue weighted by molar-refractivity contribution is -0.143. The lowest BCUT2D eigenvalue weighted by atomic mass is 9.85. The summed E-state index contributed by atoms with van der Waals surface area (Å²) in [7, 11) is -3.73. The van der Waals surface area contributed by atoms with Gasteiger partial charge in [0.1, 0.15) is 5.92 Å². The number of benzene rings is 1. The number of sulfonamides is 1. The minimum absolute atomic E-state index is 0.131. The molecule has 2 aliphatic rings. The Morgan fingerprint density at radius 3 is 2.50 bits per heavy atom. The topological polar surface area (TPSA) is 92.7 Å². The summed E-state index contributed by atoms with van der Waals surface area (Å²) in [5, 5.41) is 9.26. The Morgan fingerprint density at radius 2 is 1.85 bits per heavy atom. The van der Waals surface area contributed by atoms with Crippen LogP contribution in [0.25, 0.3) is 0 Å². The molecule has 2 heterocycles. The van der Waals surface area contributed by atoms with Gasteiger partial charge in [-0.05, 0) is 25.0 Å². The van der Waals surface area contributed by atoms with Crippen LogP contribution in [0.1, 0.15) is 12.8 Å². The van der Waals surface area contributed by atoms with Crippen LogP contribution in [-0.4, -0.2) is 37.7 Å². The predicted molar refractivity (Wildman–Crippen MR) is 69.6 cm³/mol. The van der Waals surface area contributed by atoms with Gasteiger partial charge in [-0.15, -0.1) is 0 Å². The van der Waals surface area contributed by atoms with E-state index in [0.717, 1.165) is 0 Å². The third-order valence-electron chi connectivity index (χ3n) is 3.90. The first-order valence-corrected chi connectivity index (χ1v) is 7.93. The Hall–Kier alpha value is -1.44. The molecule has 0 unspecified atom stereocenters. The van der Waals surface area contributed by atoms with Crippen molar-refractivity contribution >= 4 is 16.0 Å². The zero-order valence-electron chi connectivity index (χ0n) is 10.6. The van der Waals surface area contributed by atoms with E-state index in [1.807, 2.05) is 0 Å². The quantitative estimate of drug-likeness (QED) is 0.848. The molecule has 0 saturated carbocycles. The summed E-state index contributed by atoms with van der Waals surface area (Å²) in [4.78, 5) is 11.4. The highest BCUT2D eigenvalue weighted by atomic mass is 32.2. The first kappa shape index (κ1) is 13.5. The molecule has 0 radical (unpaired) electrons. The van der Waals surface area contributed by atoms with Crippen LogP contribution in [0.2, 0.25) is 0 Å². The van der Waals surface area contributed by atoms with Crippen LogP contribution in [-0.2, 0) is 19.6 Å². The third kappa shape index (κ3) is 2.21. The molecule has 0 spiro atoms. The highest BCUT2D eigenvalue weighted by molar-refractivity contribution is 7.89. The van der Waals surface area contributed by atoms with Gasteiger partial charge >= 0.3 is 5.97 Å². The van der Waals surface area contributed by atoms with E-state index in [1.165, 1.54) is 12.1 Å². The van der Waals surface area contributed by atoms with Gasteiger partial charge in [0.05, 0.1) is 23.1 Å². The largest absolute Gasteiger partial charge is 0.481 e. The Bertz CT molecular complexity index is 615. The van der Waals surface area contributed by atoms with Crippen molar-refractivity contribution in [2.75, 3.05) is 0 Å². The second-order valence-electron chi connectivity index (χ2n) is 5.11. The van der Waals surface area contributed by atoms with Crippen molar-refractivity contribution in [2.45, 2.75) is 36.0 Å². The van der Waals surface area contributed by atoms with Crippen molar-refractivity contribution in [1.29, 1.82) is 0 Å². The smallest absolute Gasteiger partial charge is 0.310 e. The number of carboxylic acid groups (broad SMARTS) is 1. The molecular weight excluding hydrogens is 282 g/mol. The number of hydrogen-bond acceptors (Lipinski definition) is 4. The Labute approximate surface area is 116 Å². The Balaban J connectivity index is 1.85. The number of rotatable bonds is 4. The molecule has 6 nitrogen and oxygen atoms in total. The van der Waals surface area contributed by atoms with E-state index >= 15 is 0 Å². The van der Waals surface area contributed by atoms with E-state index in [0.29, 0.717) is 12.8 Å². The molecule has 1 aromatic carbocycles. The molecule has 20 heavy (non-hydrogen) atoms. The number of ether oxygens (including phenoxy) is 1. The normalized spacial score (nSPS) is 32.4. The predicted octanol–water partition coefficient (Wildman–Crippen LogP) is 0.595. The maximum Gasteiger partial charge on any atom is 0.310 e. The Kier molecular flexibility index (Phi) is 3.27. The second-order valence-corrected chi connectivity index (χ2v) is 6.83. The van der Waals surface area contributed by atoms with Crippen molar-refractivity contribution < 1.29 is 23.1 Å². The fourth-order valence-electron chi connectivity index (χ4n) is 2.99. The van der Waals surface area contributed by atoms with Gasteiger partial charge in [0.2, 0.25) is 10.0 Å². The average molecular weight is 297 g/mol. The molecule has 3 rings (SSSR count). The van der Waals surface area contributed by atoms with Gasteiger partial charge in [-0.2, -0.15) is 0 Å². The van der Waals surface area contributed by atoms with Gasteiger partial charge in [-0.1, -0.05) is 18.2 Å². The summed E-state index contributed by atoms with van der Waals surface area (Å²) in [6.07, 6.45) is 0.627. The summed E-state index contributed by atoms with van der Waals surface area (Å²) in [6, 6.07) is 7.23. The Morgan fingerprint density at radius 1 is 1.20 bits per heavy atom. The molecule has 2 saturated heterocycles. The number of aliphatic carboxylic acids is 1. The van der Waals surface area contributed by atoms with Crippen LogP contribution in [0.15, 0.2) is 35.2 Å². The van der Waals surface area contributed by atoms with Crippen molar-refractivity contribution in [3.05, 3.63) is 30.3 Å². The highest BCUT2D eigenvalue weighted by Crippen LogP contribution is 2.39. The van der Waals surface area contributed by atoms with Gasteiger partial charge in [-0.25, -0.2) is 13.1 Å². The second kappa shape index (κ2) is 4.83. The summed E-state index contributed by atoms with van der Waals surface area (Å²) in [5.74, 6) is -1.83. The van der Waals surface area contributed by atoms with E-state index < -0.39 is 28.0 Å². The van der Waals surface area contributed by atoms with E-state index in [-0.39, 0.29) is 17.1 Å². The fourth-order valence-corrected chi connectivity index (χ4v) is 4.30. The lowest BCUT2D eigenvalue weighted by Gasteiger charge is -2.25. The molecule has 1 aromatic rings. The van der Waals surface area contributed by atoms with Gasteiger partial charge in [0, 0.05) is 0 Å². The van der Waals surface area contributed by atoms with Gasteiger partial charge in [0.25, 0.3) is 0 Å². The maximum atomic E-state index is 12.3. The maximum absolute atomic E-state index is 12.3. The van der Waals surface area contributed by atoms with E-state index in [2.05, 4.69) is 4.72 Å². The molecule has 2 bridgehead atoms. The number of hydrogen-bond donors (Lipinski definition) is 2. The standard InChI is InChI=1S/C13H15NO5S/c15-13(16)11-9-6-7-10(19-9)12(11)14-20(17,18)8-4-2-1-3-5-8/h1-5,9-12,14H,6-7H2,(H,15,16)/t9-,10+,11-,12+/m0/s1. The molecule has 108 valence electrons. The summed E-state index contributed by atoms with van der Waals surface area (Å²) >= 11 is 0. The number of carbonyl (C=O) groups is 1. The molecule has 0 aromatic heterocycles.